The number of nitrogens with zero attached hydrogens (tertiary/aromatic N) is 3. The molecule has 1 saturated heterocycles. The lowest BCUT2D eigenvalue weighted by Gasteiger charge is -2.38. The molecule has 0 amide bonds. The highest BCUT2D eigenvalue weighted by Crippen LogP contribution is 2.26. The average molecular weight is 277 g/mol. The summed E-state index contributed by atoms with van der Waals surface area (Å²) in [5, 5.41) is 9.49. The molecule has 0 aromatic carbocycles. The van der Waals surface area contributed by atoms with Crippen LogP contribution >= 0.6 is 0 Å². The molecule has 4 nitrogen and oxygen atoms in total. The summed E-state index contributed by atoms with van der Waals surface area (Å²) in [5.41, 5.74) is 2.00. The van der Waals surface area contributed by atoms with Crippen molar-refractivity contribution in [3.8, 4) is 0 Å². The fourth-order valence-corrected chi connectivity index (χ4v) is 2.47. The van der Waals surface area contributed by atoms with E-state index in [0.717, 1.165) is 36.7 Å². The summed E-state index contributed by atoms with van der Waals surface area (Å²) in [5.74, 6) is 1.00. The van der Waals surface area contributed by atoms with E-state index in [9.17, 15) is 5.11 Å². The van der Waals surface area contributed by atoms with Gasteiger partial charge in [-0.05, 0) is 31.7 Å². The molecule has 0 aliphatic carbocycles. The second-order valence-corrected chi connectivity index (χ2v) is 6.90. The normalized spacial score (nSPS) is 21.3. The molecule has 4 heteroatoms. The van der Waals surface area contributed by atoms with Gasteiger partial charge in [-0.25, -0.2) is 4.98 Å². The van der Waals surface area contributed by atoms with E-state index in [1.54, 1.807) is 0 Å². The zero-order valence-electron chi connectivity index (χ0n) is 13.3. The van der Waals surface area contributed by atoms with Crippen LogP contribution in [0.25, 0.3) is 0 Å². The van der Waals surface area contributed by atoms with Gasteiger partial charge in [-0.2, -0.15) is 0 Å². The Morgan fingerprint density at radius 3 is 2.55 bits per heavy atom. The Balaban J connectivity index is 2.31. The van der Waals surface area contributed by atoms with Crippen molar-refractivity contribution in [3.05, 3.63) is 23.4 Å². The first-order valence-electron chi connectivity index (χ1n) is 7.38. The number of anilines is 1. The van der Waals surface area contributed by atoms with Crippen LogP contribution in [0.2, 0.25) is 0 Å². The van der Waals surface area contributed by atoms with Crippen molar-refractivity contribution in [1.82, 2.24) is 9.88 Å². The number of pyridine rings is 1. The van der Waals surface area contributed by atoms with Gasteiger partial charge in [-0.15, -0.1) is 0 Å². The van der Waals surface area contributed by atoms with Gasteiger partial charge in [0.25, 0.3) is 0 Å². The standard InChI is InChI=1S/C16H27N3O/c1-12-10-19(7-6-18(12)5)15-9-13(11-20)8-14(17-15)16(2,3)4/h8-9,12,20H,6-7,10-11H2,1-5H3. The fraction of sp³-hybridized carbons (Fsp3) is 0.688. The number of hydrogen-bond donors (Lipinski definition) is 1. The van der Waals surface area contributed by atoms with Gasteiger partial charge in [-0.3, -0.25) is 0 Å². The minimum atomic E-state index is -0.00186. The molecule has 1 aliphatic heterocycles. The quantitative estimate of drug-likeness (QED) is 0.897. The molecule has 1 fully saturated rings. The third-order valence-electron chi connectivity index (χ3n) is 4.11. The maximum Gasteiger partial charge on any atom is 0.129 e. The first kappa shape index (κ1) is 15.3. The van der Waals surface area contributed by atoms with Crippen molar-refractivity contribution in [2.24, 2.45) is 0 Å². The van der Waals surface area contributed by atoms with Crippen LogP contribution in [0.15, 0.2) is 12.1 Å². The van der Waals surface area contributed by atoms with E-state index < -0.39 is 0 Å². The number of piperazine rings is 1. The lowest BCUT2D eigenvalue weighted by atomic mass is 9.90. The number of hydrogen-bond acceptors (Lipinski definition) is 4. The number of aliphatic hydroxyl groups excluding tert-OH is 1. The second kappa shape index (κ2) is 5.70. The molecular weight excluding hydrogens is 250 g/mol. The van der Waals surface area contributed by atoms with E-state index in [4.69, 9.17) is 4.98 Å². The number of rotatable bonds is 2. The van der Waals surface area contributed by atoms with Gasteiger partial charge < -0.3 is 14.9 Å². The molecule has 20 heavy (non-hydrogen) atoms. The van der Waals surface area contributed by atoms with E-state index in [-0.39, 0.29) is 12.0 Å². The SMILES string of the molecule is CC1CN(c2cc(CO)cc(C(C)(C)C)n2)CCN1C. The number of aromatic nitrogens is 1. The Morgan fingerprint density at radius 1 is 1.30 bits per heavy atom. The van der Waals surface area contributed by atoms with Crippen molar-refractivity contribution in [3.63, 3.8) is 0 Å². The Labute approximate surface area is 122 Å². The van der Waals surface area contributed by atoms with E-state index in [1.807, 2.05) is 12.1 Å². The summed E-state index contributed by atoms with van der Waals surface area (Å²) in [4.78, 5) is 9.54. The van der Waals surface area contributed by atoms with Gasteiger partial charge in [0.05, 0.1) is 6.61 Å². The minimum Gasteiger partial charge on any atom is -0.392 e. The molecule has 0 saturated carbocycles. The molecule has 2 heterocycles. The molecule has 0 spiro atoms. The van der Waals surface area contributed by atoms with Crippen LogP contribution in [0.5, 0.6) is 0 Å². The molecule has 112 valence electrons. The molecular formula is C16H27N3O. The summed E-state index contributed by atoms with van der Waals surface area (Å²) in [6.07, 6.45) is 0. The Bertz CT molecular complexity index is 467. The third-order valence-corrected chi connectivity index (χ3v) is 4.11. The summed E-state index contributed by atoms with van der Waals surface area (Å²) in [6, 6.07) is 4.57. The van der Waals surface area contributed by atoms with Crippen LogP contribution in [0.1, 0.15) is 39.0 Å². The van der Waals surface area contributed by atoms with Crippen LogP contribution in [-0.2, 0) is 12.0 Å². The van der Waals surface area contributed by atoms with Crippen molar-refractivity contribution < 1.29 is 5.11 Å². The van der Waals surface area contributed by atoms with E-state index in [0.29, 0.717) is 6.04 Å². The second-order valence-electron chi connectivity index (χ2n) is 6.90. The van der Waals surface area contributed by atoms with Crippen LogP contribution < -0.4 is 4.90 Å². The largest absolute Gasteiger partial charge is 0.392 e. The topological polar surface area (TPSA) is 39.6 Å². The molecule has 1 unspecified atom stereocenters. The molecule has 1 aromatic rings. The Morgan fingerprint density at radius 2 is 2.00 bits per heavy atom. The molecule has 1 N–H and O–H groups in total. The smallest absolute Gasteiger partial charge is 0.129 e. The van der Waals surface area contributed by atoms with Gasteiger partial charge in [-0.1, -0.05) is 20.8 Å². The highest BCUT2D eigenvalue weighted by molar-refractivity contribution is 5.44. The van der Waals surface area contributed by atoms with E-state index in [1.165, 1.54) is 0 Å². The zero-order chi connectivity index (χ0) is 14.9. The Hall–Kier alpha value is -1.13. The molecule has 1 atom stereocenters. The average Bonchev–Trinajstić information content (AvgIpc) is 2.40. The highest BCUT2D eigenvalue weighted by atomic mass is 16.3. The maximum atomic E-state index is 9.49. The first-order chi connectivity index (χ1) is 9.31. The first-order valence-corrected chi connectivity index (χ1v) is 7.38. The number of likely N-dealkylation sites (N-methyl/N-ethyl adjacent to an activating group) is 1. The summed E-state index contributed by atoms with van der Waals surface area (Å²) >= 11 is 0. The van der Waals surface area contributed by atoms with Gasteiger partial charge in [0.2, 0.25) is 0 Å². The van der Waals surface area contributed by atoms with Gasteiger partial charge in [0.1, 0.15) is 5.82 Å². The van der Waals surface area contributed by atoms with Gasteiger partial charge >= 0.3 is 0 Å². The van der Waals surface area contributed by atoms with E-state index >= 15 is 0 Å². The summed E-state index contributed by atoms with van der Waals surface area (Å²) in [7, 11) is 2.17. The molecule has 1 aromatic heterocycles. The van der Waals surface area contributed by atoms with Gasteiger partial charge in [0.15, 0.2) is 0 Å². The Kier molecular flexibility index (Phi) is 4.35. The van der Waals surface area contributed by atoms with Crippen molar-refractivity contribution in [1.29, 1.82) is 0 Å². The van der Waals surface area contributed by atoms with Crippen LogP contribution in [0.4, 0.5) is 5.82 Å². The van der Waals surface area contributed by atoms with Crippen LogP contribution in [-0.4, -0.2) is 47.7 Å². The monoisotopic (exact) mass is 277 g/mol. The van der Waals surface area contributed by atoms with E-state index in [2.05, 4.69) is 44.5 Å². The fourth-order valence-electron chi connectivity index (χ4n) is 2.47. The lowest BCUT2D eigenvalue weighted by molar-refractivity contribution is 0.233. The third kappa shape index (κ3) is 3.30. The molecule has 0 radical (unpaired) electrons. The van der Waals surface area contributed by atoms with Gasteiger partial charge in [0, 0.05) is 36.8 Å². The summed E-state index contributed by atoms with van der Waals surface area (Å²) < 4.78 is 0. The molecule has 2 rings (SSSR count). The highest BCUT2D eigenvalue weighted by Gasteiger charge is 2.24. The van der Waals surface area contributed by atoms with Crippen LogP contribution in [0, 0.1) is 0 Å². The number of aliphatic hydroxyl groups is 1. The summed E-state index contributed by atoms with van der Waals surface area (Å²) in [6.45, 7) is 11.8. The van der Waals surface area contributed by atoms with Crippen molar-refractivity contribution in [2.45, 2.75) is 45.8 Å². The maximum absolute atomic E-state index is 9.49. The predicted molar refractivity (Wildman–Crippen MR) is 83.2 cm³/mol. The molecule has 1 aliphatic rings. The van der Waals surface area contributed by atoms with Crippen molar-refractivity contribution >= 4 is 5.82 Å². The molecule has 0 bridgehead atoms. The zero-order valence-corrected chi connectivity index (χ0v) is 13.3. The van der Waals surface area contributed by atoms with Crippen LogP contribution in [0.3, 0.4) is 0 Å². The lowest BCUT2D eigenvalue weighted by Crippen LogP contribution is -2.50. The van der Waals surface area contributed by atoms with Crippen molar-refractivity contribution in [2.75, 3.05) is 31.6 Å². The predicted octanol–water partition coefficient (Wildman–Crippen LogP) is 2.01. The minimum absolute atomic E-state index is 0.00186.